The van der Waals surface area contributed by atoms with Gasteiger partial charge in [-0.2, -0.15) is 0 Å². The van der Waals surface area contributed by atoms with Crippen LogP contribution in [0.5, 0.6) is 0 Å². The van der Waals surface area contributed by atoms with Crippen molar-refractivity contribution in [3.63, 3.8) is 0 Å². The highest BCUT2D eigenvalue weighted by molar-refractivity contribution is 6.13. The number of ketones is 1. The topological polar surface area (TPSA) is 87.6 Å². The lowest BCUT2D eigenvalue weighted by Crippen LogP contribution is -2.23. The second-order valence-corrected chi connectivity index (χ2v) is 6.54. The van der Waals surface area contributed by atoms with Crippen LogP contribution in [0.1, 0.15) is 27.9 Å². The molecule has 28 heavy (non-hydrogen) atoms. The van der Waals surface area contributed by atoms with E-state index in [-0.39, 0.29) is 29.7 Å². The number of hydrogen-bond donors (Lipinski definition) is 2. The normalized spacial score (nSPS) is 12.8. The number of likely N-dealkylation sites (N-methyl/N-ethyl adjacent to an activating group) is 1. The molecule has 2 N–H and O–H groups in total. The van der Waals surface area contributed by atoms with Crippen molar-refractivity contribution in [3.05, 3.63) is 76.5 Å². The molecule has 1 aliphatic heterocycles. The van der Waals surface area contributed by atoms with Gasteiger partial charge < -0.3 is 10.6 Å². The van der Waals surface area contributed by atoms with Gasteiger partial charge in [0.05, 0.1) is 5.57 Å². The van der Waals surface area contributed by atoms with Crippen LogP contribution in [-0.2, 0) is 16.0 Å². The zero-order valence-corrected chi connectivity index (χ0v) is 15.8. The second-order valence-electron chi connectivity index (χ2n) is 6.54. The monoisotopic (exact) mass is 375 g/mol. The fourth-order valence-corrected chi connectivity index (χ4v) is 2.94. The molecule has 1 heterocycles. The van der Waals surface area contributed by atoms with E-state index in [2.05, 4.69) is 15.6 Å². The van der Waals surface area contributed by atoms with Gasteiger partial charge in [0.2, 0.25) is 0 Å². The highest BCUT2D eigenvalue weighted by Gasteiger charge is 2.23. The van der Waals surface area contributed by atoms with Crippen LogP contribution < -0.4 is 10.6 Å². The molecule has 0 spiro atoms. The molecule has 0 atom stereocenters. The minimum Gasteiger partial charge on any atom is -0.354 e. The van der Waals surface area contributed by atoms with Crippen LogP contribution in [-0.4, -0.2) is 30.9 Å². The van der Waals surface area contributed by atoms with E-state index in [0.717, 1.165) is 11.1 Å². The third-order valence-corrected chi connectivity index (χ3v) is 4.43. The Morgan fingerprint density at radius 3 is 2.46 bits per heavy atom. The van der Waals surface area contributed by atoms with Crippen molar-refractivity contribution in [2.24, 2.45) is 4.99 Å². The van der Waals surface area contributed by atoms with Gasteiger partial charge in [-0.3, -0.25) is 19.4 Å². The molecule has 2 amide bonds. The van der Waals surface area contributed by atoms with E-state index in [1.54, 1.807) is 18.3 Å². The number of benzene rings is 2. The number of aliphatic imine (C=N–C) groups is 1. The SMILES string of the molecule is CNC(=O)C1=C(C(=O)Nc2ccc(CC(=O)c3cccc(C)c3)cc2)CC=N1. The van der Waals surface area contributed by atoms with Crippen molar-refractivity contribution in [2.45, 2.75) is 19.8 Å². The molecule has 0 saturated carbocycles. The van der Waals surface area contributed by atoms with Gasteiger partial charge >= 0.3 is 0 Å². The van der Waals surface area contributed by atoms with E-state index in [0.29, 0.717) is 23.2 Å². The molecule has 0 aromatic heterocycles. The van der Waals surface area contributed by atoms with E-state index in [1.807, 2.05) is 43.3 Å². The molecule has 6 heteroatoms. The Bertz CT molecular complexity index is 988. The van der Waals surface area contributed by atoms with E-state index < -0.39 is 0 Å². The summed E-state index contributed by atoms with van der Waals surface area (Å²) in [6.07, 6.45) is 2.15. The number of rotatable bonds is 6. The van der Waals surface area contributed by atoms with Crippen LogP contribution in [0.3, 0.4) is 0 Å². The highest BCUT2D eigenvalue weighted by atomic mass is 16.2. The summed E-state index contributed by atoms with van der Waals surface area (Å²) < 4.78 is 0. The van der Waals surface area contributed by atoms with Crippen molar-refractivity contribution in [2.75, 3.05) is 12.4 Å². The van der Waals surface area contributed by atoms with Crippen LogP contribution in [0, 0.1) is 6.92 Å². The fraction of sp³-hybridized carbons (Fsp3) is 0.182. The highest BCUT2D eigenvalue weighted by Crippen LogP contribution is 2.19. The van der Waals surface area contributed by atoms with E-state index in [1.165, 1.54) is 7.05 Å². The Balaban J connectivity index is 1.65. The summed E-state index contributed by atoms with van der Waals surface area (Å²) >= 11 is 0. The Hall–Kier alpha value is -3.54. The predicted molar refractivity (Wildman–Crippen MR) is 108 cm³/mol. The molecule has 0 unspecified atom stereocenters. The summed E-state index contributed by atoms with van der Waals surface area (Å²) in [5.41, 5.74) is 3.65. The van der Waals surface area contributed by atoms with E-state index >= 15 is 0 Å². The van der Waals surface area contributed by atoms with Crippen LogP contribution in [0.4, 0.5) is 5.69 Å². The molecular formula is C22H21N3O3. The first-order chi connectivity index (χ1) is 13.5. The standard InChI is InChI=1S/C22H21N3O3/c1-14-4-3-5-16(12-14)19(26)13-15-6-8-17(9-7-15)25-21(27)18-10-11-24-20(18)22(28)23-2/h3-9,11-12H,10,13H2,1-2H3,(H,23,28)(H,25,27). The van der Waals surface area contributed by atoms with Gasteiger partial charge in [0, 0.05) is 37.4 Å². The average Bonchev–Trinajstić information content (AvgIpc) is 3.19. The average molecular weight is 375 g/mol. The number of nitrogens with zero attached hydrogens (tertiary/aromatic N) is 1. The van der Waals surface area contributed by atoms with Gasteiger partial charge in [-0.25, -0.2) is 0 Å². The minimum absolute atomic E-state index is 0.0453. The zero-order valence-electron chi connectivity index (χ0n) is 15.8. The molecule has 0 radical (unpaired) electrons. The van der Waals surface area contributed by atoms with Gasteiger partial charge in [0.1, 0.15) is 5.70 Å². The number of carbonyl (C=O) groups excluding carboxylic acids is 3. The molecular weight excluding hydrogens is 354 g/mol. The van der Waals surface area contributed by atoms with Crippen molar-refractivity contribution in [3.8, 4) is 0 Å². The summed E-state index contributed by atoms with van der Waals surface area (Å²) in [6.45, 7) is 1.95. The fourth-order valence-electron chi connectivity index (χ4n) is 2.94. The third-order valence-electron chi connectivity index (χ3n) is 4.43. The first-order valence-electron chi connectivity index (χ1n) is 8.96. The molecule has 0 bridgehead atoms. The second kappa shape index (κ2) is 8.43. The number of carbonyl (C=O) groups is 3. The number of aryl methyl sites for hydroxylation is 1. The maximum Gasteiger partial charge on any atom is 0.270 e. The summed E-state index contributed by atoms with van der Waals surface area (Å²) in [5, 5.41) is 5.25. The Labute approximate surface area is 163 Å². The van der Waals surface area contributed by atoms with Crippen LogP contribution in [0.15, 0.2) is 64.8 Å². The summed E-state index contributed by atoms with van der Waals surface area (Å²) in [6, 6.07) is 14.6. The Kier molecular flexibility index (Phi) is 5.79. The Morgan fingerprint density at radius 2 is 1.79 bits per heavy atom. The maximum absolute atomic E-state index is 12.4. The molecule has 0 saturated heterocycles. The molecule has 1 aliphatic rings. The number of nitrogens with one attached hydrogen (secondary N) is 2. The maximum atomic E-state index is 12.4. The molecule has 2 aromatic carbocycles. The van der Waals surface area contributed by atoms with Crippen molar-refractivity contribution in [1.29, 1.82) is 0 Å². The Morgan fingerprint density at radius 1 is 1.04 bits per heavy atom. The van der Waals surface area contributed by atoms with Crippen molar-refractivity contribution >= 4 is 29.5 Å². The van der Waals surface area contributed by atoms with Crippen molar-refractivity contribution < 1.29 is 14.4 Å². The van der Waals surface area contributed by atoms with E-state index in [4.69, 9.17) is 0 Å². The van der Waals surface area contributed by atoms with Gasteiger partial charge in [-0.1, -0.05) is 35.9 Å². The minimum atomic E-state index is -0.385. The molecule has 2 aromatic rings. The summed E-state index contributed by atoms with van der Waals surface area (Å²) in [7, 11) is 1.50. The van der Waals surface area contributed by atoms with Crippen LogP contribution in [0.25, 0.3) is 0 Å². The smallest absolute Gasteiger partial charge is 0.270 e. The lowest BCUT2D eigenvalue weighted by Gasteiger charge is -2.08. The van der Waals surface area contributed by atoms with Gasteiger partial charge in [-0.05, 0) is 30.7 Å². The number of Topliss-reactive ketones (excluding diaryl/α,β-unsaturated/α-hetero) is 1. The van der Waals surface area contributed by atoms with Gasteiger partial charge in [-0.15, -0.1) is 0 Å². The number of hydrogen-bond acceptors (Lipinski definition) is 4. The molecule has 142 valence electrons. The van der Waals surface area contributed by atoms with Gasteiger partial charge in [0.25, 0.3) is 11.8 Å². The first kappa shape index (κ1) is 19.2. The number of anilines is 1. The largest absolute Gasteiger partial charge is 0.354 e. The van der Waals surface area contributed by atoms with E-state index in [9.17, 15) is 14.4 Å². The molecule has 6 nitrogen and oxygen atoms in total. The lowest BCUT2D eigenvalue weighted by atomic mass is 10.0. The number of amides is 2. The summed E-state index contributed by atoms with van der Waals surface area (Å²) in [4.78, 5) is 40.6. The summed E-state index contributed by atoms with van der Waals surface area (Å²) in [5.74, 6) is -0.701. The predicted octanol–water partition coefficient (Wildman–Crippen LogP) is 2.83. The quantitative estimate of drug-likeness (QED) is 0.761. The zero-order chi connectivity index (χ0) is 20.1. The first-order valence-corrected chi connectivity index (χ1v) is 8.96. The van der Waals surface area contributed by atoms with Gasteiger partial charge in [0.15, 0.2) is 5.78 Å². The molecule has 3 rings (SSSR count). The molecule has 0 fully saturated rings. The van der Waals surface area contributed by atoms with Crippen LogP contribution >= 0.6 is 0 Å². The molecule has 0 aliphatic carbocycles. The third kappa shape index (κ3) is 4.40. The van der Waals surface area contributed by atoms with Crippen LogP contribution in [0.2, 0.25) is 0 Å². The lowest BCUT2D eigenvalue weighted by molar-refractivity contribution is -0.118. The van der Waals surface area contributed by atoms with Crippen molar-refractivity contribution in [1.82, 2.24) is 5.32 Å².